The van der Waals surface area contributed by atoms with Crippen molar-refractivity contribution in [2.24, 2.45) is 10.9 Å². The topological polar surface area (TPSA) is 65.7 Å². The third kappa shape index (κ3) is 6.15. The van der Waals surface area contributed by atoms with Crippen molar-refractivity contribution in [2.45, 2.75) is 53.0 Å². The number of hydrogen-bond acceptors (Lipinski definition) is 4. The number of likely N-dealkylation sites (tertiary alicyclic amines) is 1. The fourth-order valence-corrected chi connectivity index (χ4v) is 3.00. The predicted molar refractivity (Wildman–Crippen MR) is 98.2 cm³/mol. The van der Waals surface area contributed by atoms with E-state index in [9.17, 15) is 0 Å². The number of rotatable bonds is 7. The molecule has 24 heavy (non-hydrogen) atoms. The van der Waals surface area contributed by atoms with E-state index in [2.05, 4.69) is 53.4 Å². The number of piperidine rings is 1. The maximum absolute atomic E-state index is 5.35. The van der Waals surface area contributed by atoms with Gasteiger partial charge in [0, 0.05) is 32.2 Å². The molecule has 2 N–H and O–H groups in total. The van der Waals surface area contributed by atoms with Crippen molar-refractivity contribution in [3.05, 3.63) is 17.5 Å². The van der Waals surface area contributed by atoms with Gasteiger partial charge in [0.15, 0.2) is 11.7 Å². The van der Waals surface area contributed by atoms with Gasteiger partial charge in [0.1, 0.15) is 6.54 Å². The van der Waals surface area contributed by atoms with Crippen LogP contribution in [0.5, 0.6) is 0 Å². The minimum atomic E-state index is 0.379. The largest absolute Gasteiger partial charge is 0.359 e. The molecule has 0 saturated carbocycles. The average molecular weight is 335 g/mol. The third-order valence-corrected chi connectivity index (χ3v) is 4.37. The summed E-state index contributed by atoms with van der Waals surface area (Å²) in [6.45, 7) is 14.4. The van der Waals surface area contributed by atoms with Gasteiger partial charge in [-0.1, -0.05) is 25.9 Å². The van der Waals surface area contributed by atoms with E-state index in [1.807, 2.05) is 6.07 Å². The molecule has 2 rings (SSSR count). The van der Waals surface area contributed by atoms with E-state index in [1.54, 1.807) is 0 Å². The highest BCUT2D eigenvalue weighted by molar-refractivity contribution is 5.79. The monoisotopic (exact) mass is 335 g/mol. The van der Waals surface area contributed by atoms with Crippen LogP contribution in [-0.4, -0.2) is 48.7 Å². The van der Waals surface area contributed by atoms with Crippen LogP contribution in [0.15, 0.2) is 15.6 Å². The van der Waals surface area contributed by atoms with E-state index in [0.29, 0.717) is 12.5 Å². The van der Waals surface area contributed by atoms with Crippen molar-refractivity contribution < 1.29 is 4.52 Å². The summed E-state index contributed by atoms with van der Waals surface area (Å²) >= 11 is 0. The molecule has 2 heterocycles. The SMILES string of the molecule is CCNC(=NCc1cc(C(C)C)no1)NCCN1CCCC(C)C1. The second-order valence-electron chi connectivity index (χ2n) is 7.04. The van der Waals surface area contributed by atoms with Crippen LogP contribution < -0.4 is 10.6 Å². The molecule has 6 nitrogen and oxygen atoms in total. The van der Waals surface area contributed by atoms with Crippen LogP contribution in [0.3, 0.4) is 0 Å². The predicted octanol–water partition coefficient (Wildman–Crippen LogP) is 2.59. The van der Waals surface area contributed by atoms with Crippen LogP contribution >= 0.6 is 0 Å². The molecule has 0 bridgehead atoms. The first-order valence-corrected chi connectivity index (χ1v) is 9.28. The highest BCUT2D eigenvalue weighted by Crippen LogP contribution is 2.15. The van der Waals surface area contributed by atoms with Crippen molar-refractivity contribution in [3.8, 4) is 0 Å². The molecule has 1 aliphatic rings. The van der Waals surface area contributed by atoms with Crippen LogP contribution in [0.1, 0.15) is 57.9 Å². The van der Waals surface area contributed by atoms with Gasteiger partial charge in [-0.15, -0.1) is 0 Å². The first-order valence-electron chi connectivity index (χ1n) is 9.28. The average Bonchev–Trinajstić information content (AvgIpc) is 3.02. The quantitative estimate of drug-likeness (QED) is 0.592. The lowest BCUT2D eigenvalue weighted by Crippen LogP contribution is -2.43. The Morgan fingerprint density at radius 2 is 2.29 bits per heavy atom. The highest BCUT2D eigenvalue weighted by atomic mass is 16.5. The van der Waals surface area contributed by atoms with Crippen molar-refractivity contribution in [1.82, 2.24) is 20.7 Å². The van der Waals surface area contributed by atoms with Gasteiger partial charge in [0.25, 0.3) is 0 Å². The molecule has 0 spiro atoms. The van der Waals surface area contributed by atoms with Crippen molar-refractivity contribution in [1.29, 1.82) is 0 Å². The smallest absolute Gasteiger partial charge is 0.191 e. The standard InChI is InChI=1S/C18H33N5O/c1-5-19-18(20-8-10-23-9-6-7-15(4)13-23)21-12-16-11-17(14(2)3)22-24-16/h11,14-15H,5-10,12-13H2,1-4H3,(H2,19,20,21). The Balaban J connectivity index is 1.79. The molecule has 1 aromatic rings. The summed E-state index contributed by atoms with van der Waals surface area (Å²) in [6.07, 6.45) is 2.68. The molecule has 1 saturated heterocycles. The molecule has 0 aromatic carbocycles. The zero-order valence-electron chi connectivity index (χ0n) is 15.6. The minimum Gasteiger partial charge on any atom is -0.359 e. The molecular formula is C18H33N5O. The van der Waals surface area contributed by atoms with Crippen molar-refractivity contribution in [2.75, 3.05) is 32.7 Å². The van der Waals surface area contributed by atoms with E-state index in [0.717, 1.165) is 43.0 Å². The molecule has 136 valence electrons. The molecule has 1 fully saturated rings. The van der Waals surface area contributed by atoms with Crippen molar-refractivity contribution in [3.63, 3.8) is 0 Å². The number of hydrogen-bond donors (Lipinski definition) is 2. The lowest BCUT2D eigenvalue weighted by molar-refractivity contribution is 0.187. The number of aliphatic imine (C=N–C) groups is 1. The molecule has 0 amide bonds. The second-order valence-corrected chi connectivity index (χ2v) is 7.04. The molecule has 6 heteroatoms. The number of aromatic nitrogens is 1. The Labute approximate surface area is 146 Å². The Bertz CT molecular complexity index is 511. The van der Waals surface area contributed by atoms with Crippen LogP contribution in [0.4, 0.5) is 0 Å². The van der Waals surface area contributed by atoms with E-state index in [4.69, 9.17) is 4.52 Å². The third-order valence-electron chi connectivity index (χ3n) is 4.37. The number of guanidine groups is 1. The summed E-state index contributed by atoms with van der Waals surface area (Å²) < 4.78 is 5.35. The number of nitrogens with zero attached hydrogens (tertiary/aromatic N) is 3. The lowest BCUT2D eigenvalue weighted by atomic mass is 10.0. The first-order chi connectivity index (χ1) is 11.6. The van der Waals surface area contributed by atoms with Gasteiger partial charge in [0.05, 0.1) is 5.69 Å². The molecule has 0 aliphatic carbocycles. The Kier molecular flexibility index (Phi) is 7.56. The Morgan fingerprint density at radius 1 is 1.46 bits per heavy atom. The summed E-state index contributed by atoms with van der Waals surface area (Å²) in [7, 11) is 0. The summed E-state index contributed by atoms with van der Waals surface area (Å²) in [6, 6.07) is 1.99. The van der Waals surface area contributed by atoms with Crippen molar-refractivity contribution >= 4 is 5.96 Å². The van der Waals surface area contributed by atoms with Gasteiger partial charge < -0.3 is 20.1 Å². The van der Waals surface area contributed by atoms with Crippen LogP contribution in [0, 0.1) is 5.92 Å². The van der Waals surface area contributed by atoms with E-state index in [1.165, 1.54) is 25.9 Å². The zero-order chi connectivity index (χ0) is 17.4. The number of nitrogens with one attached hydrogen (secondary N) is 2. The van der Waals surface area contributed by atoms with Crippen LogP contribution in [-0.2, 0) is 6.54 Å². The van der Waals surface area contributed by atoms with E-state index >= 15 is 0 Å². The zero-order valence-corrected chi connectivity index (χ0v) is 15.6. The van der Waals surface area contributed by atoms with Gasteiger partial charge in [0.2, 0.25) is 0 Å². The fraction of sp³-hybridized carbons (Fsp3) is 0.778. The normalized spacial score (nSPS) is 19.7. The maximum Gasteiger partial charge on any atom is 0.191 e. The van der Waals surface area contributed by atoms with Gasteiger partial charge in [-0.05, 0) is 38.1 Å². The first kappa shape index (κ1) is 18.8. The van der Waals surface area contributed by atoms with Gasteiger partial charge in [-0.25, -0.2) is 4.99 Å². The lowest BCUT2D eigenvalue weighted by Gasteiger charge is -2.30. The highest BCUT2D eigenvalue weighted by Gasteiger charge is 2.15. The molecular weight excluding hydrogens is 302 g/mol. The maximum atomic E-state index is 5.35. The molecule has 1 aliphatic heterocycles. The van der Waals surface area contributed by atoms with Gasteiger partial charge in [-0.2, -0.15) is 0 Å². The molecule has 1 aromatic heterocycles. The second kappa shape index (κ2) is 9.67. The van der Waals surface area contributed by atoms with Crippen LogP contribution in [0.2, 0.25) is 0 Å². The van der Waals surface area contributed by atoms with Gasteiger partial charge >= 0.3 is 0 Å². The van der Waals surface area contributed by atoms with E-state index < -0.39 is 0 Å². The summed E-state index contributed by atoms with van der Waals surface area (Å²) in [5.74, 6) is 2.85. The summed E-state index contributed by atoms with van der Waals surface area (Å²) in [5.41, 5.74) is 0.984. The summed E-state index contributed by atoms with van der Waals surface area (Å²) in [5, 5.41) is 10.8. The fourth-order valence-electron chi connectivity index (χ4n) is 3.00. The van der Waals surface area contributed by atoms with E-state index in [-0.39, 0.29) is 0 Å². The summed E-state index contributed by atoms with van der Waals surface area (Å²) in [4.78, 5) is 7.13. The van der Waals surface area contributed by atoms with Gasteiger partial charge in [-0.3, -0.25) is 0 Å². The molecule has 1 unspecified atom stereocenters. The molecule has 0 radical (unpaired) electrons. The minimum absolute atomic E-state index is 0.379. The molecule has 1 atom stereocenters. The van der Waals surface area contributed by atoms with Crippen LogP contribution in [0.25, 0.3) is 0 Å². The Morgan fingerprint density at radius 3 is 2.96 bits per heavy atom. The Hall–Kier alpha value is -1.56.